The van der Waals surface area contributed by atoms with Crippen molar-refractivity contribution in [1.82, 2.24) is 5.32 Å². The SMILES string of the molecule is CC(C)NCCOc1ccc(-c2ccccc2)cc1. The predicted octanol–water partition coefficient (Wildman–Crippen LogP) is 3.73. The molecule has 0 bridgehead atoms. The van der Waals surface area contributed by atoms with Gasteiger partial charge in [0, 0.05) is 12.6 Å². The summed E-state index contributed by atoms with van der Waals surface area (Å²) in [6.07, 6.45) is 0. The molecule has 0 unspecified atom stereocenters. The molecule has 0 atom stereocenters. The van der Waals surface area contributed by atoms with Gasteiger partial charge in [-0.1, -0.05) is 56.3 Å². The standard InChI is InChI=1S/C17H21NO/c1-14(2)18-12-13-19-17-10-8-16(9-11-17)15-6-4-3-5-7-15/h3-11,14,18H,12-13H2,1-2H3. The first-order valence-electron chi connectivity index (χ1n) is 6.77. The van der Waals surface area contributed by atoms with E-state index in [0.717, 1.165) is 12.3 Å². The van der Waals surface area contributed by atoms with Crippen molar-refractivity contribution < 1.29 is 4.74 Å². The van der Waals surface area contributed by atoms with Gasteiger partial charge >= 0.3 is 0 Å². The van der Waals surface area contributed by atoms with Crippen LogP contribution in [-0.2, 0) is 0 Å². The van der Waals surface area contributed by atoms with Gasteiger partial charge in [-0.25, -0.2) is 0 Å². The molecule has 0 spiro atoms. The maximum Gasteiger partial charge on any atom is 0.119 e. The molecular weight excluding hydrogens is 234 g/mol. The van der Waals surface area contributed by atoms with Gasteiger partial charge in [0.15, 0.2) is 0 Å². The zero-order chi connectivity index (χ0) is 13.5. The number of rotatable bonds is 6. The lowest BCUT2D eigenvalue weighted by molar-refractivity contribution is 0.309. The molecule has 19 heavy (non-hydrogen) atoms. The normalized spacial score (nSPS) is 10.7. The van der Waals surface area contributed by atoms with E-state index in [0.29, 0.717) is 12.6 Å². The van der Waals surface area contributed by atoms with Crippen LogP contribution in [0, 0.1) is 0 Å². The van der Waals surface area contributed by atoms with Gasteiger partial charge in [-0.15, -0.1) is 0 Å². The van der Waals surface area contributed by atoms with Gasteiger partial charge in [0.2, 0.25) is 0 Å². The fourth-order valence-electron chi connectivity index (χ4n) is 1.89. The van der Waals surface area contributed by atoms with Crippen molar-refractivity contribution in [2.75, 3.05) is 13.2 Å². The quantitative estimate of drug-likeness (QED) is 0.794. The molecule has 0 saturated carbocycles. The van der Waals surface area contributed by atoms with Crippen molar-refractivity contribution in [2.24, 2.45) is 0 Å². The Morgan fingerprint density at radius 3 is 2.16 bits per heavy atom. The Hall–Kier alpha value is -1.80. The highest BCUT2D eigenvalue weighted by atomic mass is 16.5. The van der Waals surface area contributed by atoms with Crippen molar-refractivity contribution >= 4 is 0 Å². The second-order valence-corrected chi connectivity index (χ2v) is 4.85. The average Bonchev–Trinajstić information content (AvgIpc) is 2.45. The number of ether oxygens (including phenoxy) is 1. The molecule has 2 aromatic carbocycles. The third-order valence-electron chi connectivity index (χ3n) is 2.88. The minimum Gasteiger partial charge on any atom is -0.492 e. The first-order valence-corrected chi connectivity index (χ1v) is 6.77. The third-order valence-corrected chi connectivity index (χ3v) is 2.88. The number of nitrogens with one attached hydrogen (secondary N) is 1. The molecule has 1 N–H and O–H groups in total. The largest absolute Gasteiger partial charge is 0.492 e. The van der Waals surface area contributed by atoms with Gasteiger partial charge in [-0.3, -0.25) is 0 Å². The lowest BCUT2D eigenvalue weighted by Crippen LogP contribution is -2.27. The molecule has 0 aliphatic heterocycles. The topological polar surface area (TPSA) is 21.3 Å². The van der Waals surface area contributed by atoms with E-state index in [-0.39, 0.29) is 0 Å². The van der Waals surface area contributed by atoms with Crippen LogP contribution in [0.3, 0.4) is 0 Å². The summed E-state index contributed by atoms with van der Waals surface area (Å²) < 4.78 is 5.68. The summed E-state index contributed by atoms with van der Waals surface area (Å²) in [6.45, 7) is 5.84. The molecule has 0 fully saturated rings. The number of hydrogen-bond donors (Lipinski definition) is 1. The summed E-state index contributed by atoms with van der Waals surface area (Å²) >= 11 is 0. The molecule has 2 aromatic rings. The molecule has 0 aliphatic rings. The molecule has 0 aliphatic carbocycles. The van der Waals surface area contributed by atoms with E-state index in [1.54, 1.807) is 0 Å². The van der Waals surface area contributed by atoms with Crippen LogP contribution < -0.4 is 10.1 Å². The van der Waals surface area contributed by atoms with Crippen molar-refractivity contribution in [1.29, 1.82) is 0 Å². The van der Waals surface area contributed by atoms with Crippen LogP contribution in [0.15, 0.2) is 54.6 Å². The molecular formula is C17H21NO. The van der Waals surface area contributed by atoms with E-state index < -0.39 is 0 Å². The van der Waals surface area contributed by atoms with Gasteiger partial charge in [-0.2, -0.15) is 0 Å². The lowest BCUT2D eigenvalue weighted by atomic mass is 10.1. The number of benzene rings is 2. The van der Waals surface area contributed by atoms with Gasteiger partial charge in [0.05, 0.1) is 0 Å². The van der Waals surface area contributed by atoms with E-state index >= 15 is 0 Å². The molecule has 2 rings (SSSR count). The van der Waals surface area contributed by atoms with Crippen molar-refractivity contribution in [3.05, 3.63) is 54.6 Å². The summed E-state index contributed by atoms with van der Waals surface area (Å²) in [5.74, 6) is 0.922. The van der Waals surface area contributed by atoms with E-state index in [4.69, 9.17) is 4.74 Å². The molecule has 0 amide bonds. The Morgan fingerprint density at radius 1 is 0.895 bits per heavy atom. The van der Waals surface area contributed by atoms with Gasteiger partial charge in [0.25, 0.3) is 0 Å². The second kappa shape index (κ2) is 6.95. The summed E-state index contributed by atoms with van der Waals surface area (Å²) in [5.41, 5.74) is 2.45. The minimum absolute atomic E-state index is 0.504. The zero-order valence-corrected chi connectivity index (χ0v) is 11.6. The van der Waals surface area contributed by atoms with Crippen LogP contribution in [0.2, 0.25) is 0 Å². The summed E-state index contributed by atoms with van der Waals surface area (Å²) in [6, 6.07) is 19.1. The average molecular weight is 255 g/mol. The minimum atomic E-state index is 0.504. The molecule has 0 aromatic heterocycles. The Morgan fingerprint density at radius 2 is 1.53 bits per heavy atom. The number of hydrogen-bond acceptors (Lipinski definition) is 2. The third kappa shape index (κ3) is 4.42. The fraction of sp³-hybridized carbons (Fsp3) is 0.294. The molecule has 100 valence electrons. The Balaban J connectivity index is 1.88. The molecule has 0 heterocycles. The molecule has 2 heteroatoms. The maximum absolute atomic E-state index is 5.68. The highest BCUT2D eigenvalue weighted by molar-refractivity contribution is 5.63. The fourth-order valence-corrected chi connectivity index (χ4v) is 1.89. The van der Waals surface area contributed by atoms with Crippen LogP contribution >= 0.6 is 0 Å². The predicted molar refractivity (Wildman–Crippen MR) is 80.5 cm³/mol. The van der Waals surface area contributed by atoms with Crippen LogP contribution in [0.1, 0.15) is 13.8 Å². The summed E-state index contributed by atoms with van der Waals surface area (Å²) in [7, 11) is 0. The lowest BCUT2D eigenvalue weighted by Gasteiger charge is -2.10. The van der Waals surface area contributed by atoms with E-state index in [9.17, 15) is 0 Å². The van der Waals surface area contributed by atoms with Crippen LogP contribution in [0.4, 0.5) is 0 Å². The molecule has 0 radical (unpaired) electrons. The Bertz CT molecular complexity index is 476. The van der Waals surface area contributed by atoms with E-state index in [1.807, 2.05) is 18.2 Å². The van der Waals surface area contributed by atoms with E-state index in [2.05, 4.69) is 55.6 Å². The monoisotopic (exact) mass is 255 g/mol. The molecule has 2 nitrogen and oxygen atoms in total. The first-order chi connectivity index (χ1) is 9.25. The van der Waals surface area contributed by atoms with Crippen molar-refractivity contribution in [2.45, 2.75) is 19.9 Å². The van der Waals surface area contributed by atoms with Gasteiger partial charge < -0.3 is 10.1 Å². The smallest absolute Gasteiger partial charge is 0.119 e. The van der Waals surface area contributed by atoms with Crippen molar-refractivity contribution in [3.8, 4) is 16.9 Å². The van der Waals surface area contributed by atoms with Crippen LogP contribution in [0.5, 0.6) is 5.75 Å². The zero-order valence-electron chi connectivity index (χ0n) is 11.6. The van der Waals surface area contributed by atoms with E-state index in [1.165, 1.54) is 11.1 Å². The van der Waals surface area contributed by atoms with Gasteiger partial charge in [0.1, 0.15) is 12.4 Å². The van der Waals surface area contributed by atoms with Crippen LogP contribution in [-0.4, -0.2) is 19.2 Å². The summed E-state index contributed by atoms with van der Waals surface area (Å²) in [5, 5.41) is 3.33. The maximum atomic E-state index is 5.68. The van der Waals surface area contributed by atoms with Crippen LogP contribution in [0.25, 0.3) is 11.1 Å². The first kappa shape index (κ1) is 13.6. The molecule has 0 saturated heterocycles. The van der Waals surface area contributed by atoms with Gasteiger partial charge in [-0.05, 0) is 23.3 Å². The summed E-state index contributed by atoms with van der Waals surface area (Å²) in [4.78, 5) is 0. The van der Waals surface area contributed by atoms with Crippen molar-refractivity contribution in [3.63, 3.8) is 0 Å². The highest BCUT2D eigenvalue weighted by Gasteiger charge is 1.98. The highest BCUT2D eigenvalue weighted by Crippen LogP contribution is 2.21. The second-order valence-electron chi connectivity index (χ2n) is 4.85. The Labute approximate surface area is 115 Å². The Kier molecular flexibility index (Phi) is 4.99.